The lowest BCUT2D eigenvalue weighted by atomic mass is 10.3. The van der Waals surface area contributed by atoms with Crippen molar-refractivity contribution in [1.82, 2.24) is 0 Å². The smallest absolute Gasteiger partial charge is 0.332 e. The van der Waals surface area contributed by atoms with E-state index >= 15 is 0 Å². The molecule has 1 atom stereocenters. The molecule has 0 bridgehead atoms. The lowest BCUT2D eigenvalue weighted by Gasteiger charge is -2.28. The van der Waals surface area contributed by atoms with E-state index in [1.165, 1.54) is 0 Å². The highest BCUT2D eigenvalue weighted by atomic mass is 16.7. The molecule has 0 aromatic rings. The molecular weight excluding hydrogens is 196 g/mol. The molecule has 15 heavy (non-hydrogen) atoms. The monoisotopic (exact) mass is 216 g/mol. The fraction of sp³-hybridized carbons (Fsp3) is 0.727. The lowest BCUT2D eigenvalue weighted by molar-refractivity contribution is -0.237. The molecule has 4 heteroatoms. The van der Waals surface area contributed by atoms with Gasteiger partial charge in [-0.2, -0.15) is 0 Å². The van der Waals surface area contributed by atoms with Gasteiger partial charge in [-0.25, -0.2) is 4.79 Å². The summed E-state index contributed by atoms with van der Waals surface area (Å²) >= 11 is 0. The molecule has 0 radical (unpaired) electrons. The topological polar surface area (TPSA) is 44.8 Å². The van der Waals surface area contributed by atoms with Gasteiger partial charge in [-0.1, -0.05) is 13.5 Å². The molecule has 0 aliphatic rings. The Labute approximate surface area is 91.2 Å². The van der Waals surface area contributed by atoms with Crippen molar-refractivity contribution in [2.75, 3.05) is 19.8 Å². The van der Waals surface area contributed by atoms with Gasteiger partial charge in [-0.15, -0.1) is 0 Å². The van der Waals surface area contributed by atoms with E-state index in [1.807, 2.05) is 13.8 Å². The van der Waals surface area contributed by atoms with Crippen molar-refractivity contribution in [3.63, 3.8) is 0 Å². The van der Waals surface area contributed by atoms with Crippen molar-refractivity contribution in [3.05, 3.63) is 12.7 Å². The van der Waals surface area contributed by atoms with Crippen molar-refractivity contribution >= 4 is 5.97 Å². The molecule has 0 aromatic heterocycles. The van der Waals surface area contributed by atoms with E-state index in [0.29, 0.717) is 13.2 Å². The van der Waals surface area contributed by atoms with Crippen LogP contribution in [0.25, 0.3) is 0 Å². The molecule has 0 rings (SSSR count). The fourth-order valence-corrected chi connectivity index (χ4v) is 1.06. The van der Waals surface area contributed by atoms with Gasteiger partial charge >= 0.3 is 5.97 Å². The highest BCUT2D eigenvalue weighted by Gasteiger charge is 2.28. The third-order valence-corrected chi connectivity index (χ3v) is 1.65. The third kappa shape index (κ3) is 6.25. The van der Waals surface area contributed by atoms with Crippen LogP contribution >= 0.6 is 0 Å². The summed E-state index contributed by atoms with van der Waals surface area (Å²) in [7, 11) is 0. The van der Waals surface area contributed by atoms with Crippen LogP contribution in [0.1, 0.15) is 27.2 Å². The quantitative estimate of drug-likeness (QED) is 0.269. The lowest BCUT2D eigenvalue weighted by Crippen LogP contribution is -2.39. The van der Waals surface area contributed by atoms with E-state index < -0.39 is 11.8 Å². The van der Waals surface area contributed by atoms with Gasteiger partial charge in [0.2, 0.25) is 5.79 Å². The second-order valence-corrected chi connectivity index (χ2v) is 3.24. The Balaban J connectivity index is 4.17. The van der Waals surface area contributed by atoms with Crippen LogP contribution in [-0.4, -0.2) is 31.6 Å². The maximum atomic E-state index is 11.1. The Morgan fingerprint density at radius 1 is 1.47 bits per heavy atom. The van der Waals surface area contributed by atoms with E-state index in [1.54, 1.807) is 6.92 Å². The minimum Gasteiger partial charge on any atom is -0.428 e. The first kappa shape index (κ1) is 14.1. The molecule has 0 aliphatic heterocycles. The molecule has 0 spiro atoms. The van der Waals surface area contributed by atoms with Crippen molar-refractivity contribution in [1.29, 1.82) is 0 Å². The second-order valence-electron chi connectivity index (χ2n) is 3.24. The molecular formula is C11H20O4. The van der Waals surface area contributed by atoms with E-state index in [9.17, 15) is 4.79 Å². The fourth-order valence-electron chi connectivity index (χ4n) is 1.06. The number of ether oxygens (including phenoxy) is 3. The number of rotatable bonds is 8. The van der Waals surface area contributed by atoms with E-state index in [0.717, 1.165) is 12.5 Å². The Bertz CT molecular complexity index is 203. The van der Waals surface area contributed by atoms with Crippen molar-refractivity contribution in [2.24, 2.45) is 0 Å². The molecule has 1 unspecified atom stereocenters. The van der Waals surface area contributed by atoms with Gasteiger partial charge in [-0.3, -0.25) is 0 Å². The van der Waals surface area contributed by atoms with Gasteiger partial charge in [0.25, 0.3) is 0 Å². The van der Waals surface area contributed by atoms with E-state index in [4.69, 9.17) is 14.2 Å². The van der Waals surface area contributed by atoms with E-state index in [2.05, 4.69) is 6.58 Å². The van der Waals surface area contributed by atoms with Gasteiger partial charge in [0.05, 0.1) is 0 Å². The number of hydrogen-bond donors (Lipinski definition) is 0. The molecule has 0 heterocycles. The van der Waals surface area contributed by atoms with Crippen molar-refractivity contribution < 1.29 is 19.0 Å². The Hall–Kier alpha value is -0.870. The summed E-state index contributed by atoms with van der Waals surface area (Å²) in [6, 6.07) is 0. The Morgan fingerprint density at radius 2 is 2.13 bits per heavy atom. The third-order valence-electron chi connectivity index (χ3n) is 1.65. The summed E-state index contributed by atoms with van der Waals surface area (Å²) < 4.78 is 15.7. The highest BCUT2D eigenvalue weighted by Crippen LogP contribution is 2.13. The van der Waals surface area contributed by atoms with Crippen LogP contribution in [0.15, 0.2) is 12.7 Å². The molecule has 4 nitrogen and oxygen atoms in total. The molecule has 88 valence electrons. The SMILES string of the molecule is C=CC(=O)OC(C)(COCCC)OCC. The van der Waals surface area contributed by atoms with Gasteiger partial charge in [-0.05, 0) is 13.3 Å². The van der Waals surface area contributed by atoms with Crippen LogP contribution in [0.3, 0.4) is 0 Å². The summed E-state index contributed by atoms with van der Waals surface area (Å²) in [5, 5.41) is 0. The number of hydrogen-bond acceptors (Lipinski definition) is 4. The summed E-state index contributed by atoms with van der Waals surface area (Å²) in [4.78, 5) is 11.1. The van der Waals surface area contributed by atoms with Crippen LogP contribution in [0.5, 0.6) is 0 Å². The van der Waals surface area contributed by atoms with Gasteiger partial charge in [0.15, 0.2) is 0 Å². The molecule has 0 N–H and O–H groups in total. The van der Waals surface area contributed by atoms with Gasteiger partial charge in [0.1, 0.15) is 6.61 Å². The molecule has 0 saturated carbocycles. The molecule has 0 amide bonds. The minimum atomic E-state index is -1.02. The van der Waals surface area contributed by atoms with Crippen molar-refractivity contribution in [2.45, 2.75) is 33.0 Å². The zero-order chi connectivity index (χ0) is 11.7. The minimum absolute atomic E-state index is 0.230. The van der Waals surface area contributed by atoms with Crippen LogP contribution in [0, 0.1) is 0 Å². The predicted octanol–water partition coefficient (Wildman–Crippen LogP) is 1.89. The Kier molecular flexibility index (Phi) is 6.99. The van der Waals surface area contributed by atoms with E-state index in [-0.39, 0.29) is 6.61 Å². The normalized spacial score (nSPS) is 14.3. The maximum Gasteiger partial charge on any atom is 0.332 e. The largest absolute Gasteiger partial charge is 0.428 e. The Morgan fingerprint density at radius 3 is 2.60 bits per heavy atom. The summed E-state index contributed by atoms with van der Waals surface area (Å²) in [6.45, 7) is 10.2. The summed E-state index contributed by atoms with van der Waals surface area (Å²) in [6.07, 6.45) is 2.02. The number of esters is 1. The van der Waals surface area contributed by atoms with Crippen LogP contribution < -0.4 is 0 Å². The first-order valence-corrected chi connectivity index (χ1v) is 5.15. The molecule has 0 saturated heterocycles. The molecule has 0 aromatic carbocycles. The zero-order valence-corrected chi connectivity index (χ0v) is 9.75. The van der Waals surface area contributed by atoms with Crippen LogP contribution in [-0.2, 0) is 19.0 Å². The first-order valence-electron chi connectivity index (χ1n) is 5.15. The summed E-state index contributed by atoms with van der Waals surface area (Å²) in [5.74, 6) is -1.53. The molecule has 0 fully saturated rings. The number of carbonyl (C=O) groups is 1. The highest BCUT2D eigenvalue weighted by molar-refractivity contribution is 5.81. The first-order chi connectivity index (χ1) is 7.08. The average molecular weight is 216 g/mol. The maximum absolute atomic E-state index is 11.1. The van der Waals surface area contributed by atoms with Gasteiger partial charge < -0.3 is 14.2 Å². The van der Waals surface area contributed by atoms with Crippen LogP contribution in [0.4, 0.5) is 0 Å². The standard InChI is InChI=1S/C11H20O4/c1-5-8-13-9-11(4,14-7-3)15-10(12)6-2/h6H,2,5,7-9H2,1,3-4H3. The number of carbonyl (C=O) groups excluding carboxylic acids is 1. The zero-order valence-electron chi connectivity index (χ0n) is 9.75. The molecule has 0 aliphatic carbocycles. The summed E-state index contributed by atoms with van der Waals surface area (Å²) in [5.41, 5.74) is 0. The van der Waals surface area contributed by atoms with Gasteiger partial charge in [0, 0.05) is 26.2 Å². The second kappa shape index (κ2) is 7.43. The van der Waals surface area contributed by atoms with Crippen molar-refractivity contribution in [3.8, 4) is 0 Å². The van der Waals surface area contributed by atoms with Crippen LogP contribution in [0.2, 0.25) is 0 Å². The predicted molar refractivity (Wildman–Crippen MR) is 57.4 cm³/mol. The average Bonchev–Trinajstić information content (AvgIpc) is 2.18.